The van der Waals surface area contributed by atoms with Gasteiger partial charge in [0, 0.05) is 18.7 Å². The van der Waals surface area contributed by atoms with Gasteiger partial charge in [0.25, 0.3) is 5.91 Å². The van der Waals surface area contributed by atoms with Crippen molar-refractivity contribution in [1.29, 1.82) is 0 Å². The molecule has 1 saturated carbocycles. The van der Waals surface area contributed by atoms with E-state index in [9.17, 15) is 18.0 Å². The molecule has 144 valence electrons. The number of benzene rings is 1. The molecule has 0 saturated heterocycles. The van der Waals surface area contributed by atoms with E-state index in [4.69, 9.17) is 9.52 Å². The smallest absolute Gasteiger partial charge is 0.339 e. The fourth-order valence-electron chi connectivity index (χ4n) is 2.63. The first-order valence-corrected chi connectivity index (χ1v) is 9.86. The topological polar surface area (TPSA) is 117 Å². The molecule has 1 heterocycles. The molecule has 1 aromatic carbocycles. The van der Waals surface area contributed by atoms with Crippen molar-refractivity contribution in [2.75, 3.05) is 7.05 Å². The van der Waals surface area contributed by atoms with Gasteiger partial charge in [0.05, 0.1) is 11.4 Å². The molecule has 0 atom stereocenters. The number of furan rings is 1. The van der Waals surface area contributed by atoms with E-state index >= 15 is 0 Å². The van der Waals surface area contributed by atoms with Gasteiger partial charge in [0.15, 0.2) is 0 Å². The van der Waals surface area contributed by atoms with Crippen molar-refractivity contribution in [1.82, 2.24) is 9.62 Å². The molecule has 0 spiro atoms. The maximum atomic E-state index is 12.5. The minimum Gasteiger partial charge on any atom is -0.478 e. The van der Waals surface area contributed by atoms with Gasteiger partial charge in [0.2, 0.25) is 10.0 Å². The van der Waals surface area contributed by atoms with Crippen molar-refractivity contribution < 1.29 is 27.5 Å². The van der Waals surface area contributed by atoms with E-state index in [0.29, 0.717) is 11.3 Å². The Hall–Kier alpha value is -2.65. The summed E-state index contributed by atoms with van der Waals surface area (Å²) in [4.78, 5) is 25.1. The van der Waals surface area contributed by atoms with Crippen LogP contribution in [0.15, 0.2) is 39.6 Å². The Morgan fingerprint density at radius 1 is 1.26 bits per heavy atom. The number of nitrogens with zero attached hydrogens (tertiary/aromatic N) is 1. The standard InChI is InChI=1S/C18H20N2O6S/c1-11-16(18(22)23)9-14(26-11)10-20(2)17(21)12-3-7-15(8-4-12)27(24,25)19-13-5-6-13/h3-4,7-9,13,19H,5-6,10H2,1-2H3,(H,22,23). The molecule has 2 aromatic rings. The zero-order valence-electron chi connectivity index (χ0n) is 14.9. The summed E-state index contributed by atoms with van der Waals surface area (Å²) >= 11 is 0. The van der Waals surface area contributed by atoms with Crippen LogP contribution in [0.2, 0.25) is 0 Å². The summed E-state index contributed by atoms with van der Waals surface area (Å²) in [5.41, 5.74) is 0.383. The fourth-order valence-corrected chi connectivity index (χ4v) is 3.93. The maximum absolute atomic E-state index is 12.5. The molecule has 1 amide bonds. The van der Waals surface area contributed by atoms with Gasteiger partial charge in [-0.15, -0.1) is 0 Å². The van der Waals surface area contributed by atoms with E-state index in [1.165, 1.54) is 35.2 Å². The van der Waals surface area contributed by atoms with Gasteiger partial charge in [-0.05, 0) is 50.1 Å². The lowest BCUT2D eigenvalue weighted by molar-refractivity contribution is 0.0694. The van der Waals surface area contributed by atoms with Gasteiger partial charge in [-0.25, -0.2) is 17.9 Å². The molecule has 1 fully saturated rings. The van der Waals surface area contributed by atoms with Gasteiger partial charge in [-0.2, -0.15) is 0 Å². The van der Waals surface area contributed by atoms with Crippen LogP contribution in [0.4, 0.5) is 0 Å². The van der Waals surface area contributed by atoms with Crippen LogP contribution in [-0.2, 0) is 16.6 Å². The highest BCUT2D eigenvalue weighted by Crippen LogP contribution is 2.22. The summed E-state index contributed by atoms with van der Waals surface area (Å²) in [5, 5.41) is 9.06. The molecule has 1 aliphatic rings. The Morgan fingerprint density at radius 2 is 1.89 bits per heavy atom. The van der Waals surface area contributed by atoms with Crippen molar-refractivity contribution in [3.05, 3.63) is 53.0 Å². The minimum absolute atomic E-state index is 0.00916. The lowest BCUT2D eigenvalue weighted by Gasteiger charge is -2.16. The Balaban J connectivity index is 1.69. The summed E-state index contributed by atoms with van der Waals surface area (Å²) < 4.78 is 32.3. The Bertz CT molecular complexity index is 974. The second kappa shape index (κ2) is 7.16. The van der Waals surface area contributed by atoms with E-state index in [0.717, 1.165) is 12.8 Å². The number of nitrogens with one attached hydrogen (secondary N) is 1. The molecular weight excluding hydrogens is 372 g/mol. The van der Waals surface area contributed by atoms with Crippen LogP contribution in [0.1, 0.15) is 45.1 Å². The quantitative estimate of drug-likeness (QED) is 0.744. The summed E-state index contributed by atoms with van der Waals surface area (Å²) in [6.45, 7) is 1.64. The molecule has 1 aromatic heterocycles. The SMILES string of the molecule is Cc1oc(CN(C)C(=O)c2ccc(S(=O)(=O)NC3CC3)cc2)cc1C(=O)O. The molecule has 0 aliphatic heterocycles. The number of aromatic carboxylic acids is 1. The molecule has 3 rings (SSSR count). The monoisotopic (exact) mass is 392 g/mol. The van der Waals surface area contributed by atoms with Crippen LogP contribution in [0.25, 0.3) is 0 Å². The average Bonchev–Trinajstić information content (AvgIpc) is 3.33. The molecular formula is C18H20N2O6S. The van der Waals surface area contributed by atoms with Crippen LogP contribution in [0.3, 0.4) is 0 Å². The van der Waals surface area contributed by atoms with Gasteiger partial charge in [-0.3, -0.25) is 4.79 Å². The van der Waals surface area contributed by atoms with Crippen LogP contribution in [0, 0.1) is 6.92 Å². The van der Waals surface area contributed by atoms with E-state index in [-0.39, 0.29) is 34.7 Å². The zero-order chi connectivity index (χ0) is 19.8. The van der Waals surface area contributed by atoms with Crippen molar-refractivity contribution in [2.45, 2.75) is 37.2 Å². The molecule has 27 heavy (non-hydrogen) atoms. The summed E-state index contributed by atoms with van der Waals surface area (Å²) in [5.74, 6) is -0.794. The molecule has 8 nitrogen and oxygen atoms in total. The van der Waals surface area contributed by atoms with Gasteiger partial charge >= 0.3 is 5.97 Å². The number of hydrogen-bond acceptors (Lipinski definition) is 5. The summed E-state index contributed by atoms with van der Waals surface area (Å²) in [6, 6.07) is 7.10. The highest BCUT2D eigenvalue weighted by molar-refractivity contribution is 7.89. The number of carboxylic acid groups (broad SMARTS) is 1. The second-order valence-electron chi connectivity index (χ2n) is 6.57. The number of carbonyl (C=O) groups excluding carboxylic acids is 1. The number of rotatable bonds is 7. The van der Waals surface area contributed by atoms with Crippen LogP contribution >= 0.6 is 0 Å². The number of aryl methyl sites for hydroxylation is 1. The molecule has 2 N–H and O–H groups in total. The molecule has 0 bridgehead atoms. The fraction of sp³-hybridized carbons (Fsp3) is 0.333. The number of hydrogen-bond donors (Lipinski definition) is 2. The van der Waals surface area contributed by atoms with Crippen LogP contribution in [-0.4, -0.2) is 43.4 Å². The van der Waals surface area contributed by atoms with Gasteiger partial charge in [0.1, 0.15) is 17.1 Å². The third-order valence-corrected chi connectivity index (χ3v) is 5.79. The van der Waals surface area contributed by atoms with Crippen LogP contribution in [0.5, 0.6) is 0 Å². The normalized spacial score (nSPS) is 14.1. The highest BCUT2D eigenvalue weighted by atomic mass is 32.2. The second-order valence-corrected chi connectivity index (χ2v) is 8.28. The predicted octanol–water partition coefficient (Wildman–Crippen LogP) is 2.00. The summed E-state index contributed by atoms with van der Waals surface area (Å²) in [6.07, 6.45) is 1.69. The van der Waals surface area contributed by atoms with Gasteiger partial charge < -0.3 is 14.4 Å². The molecule has 0 unspecified atom stereocenters. The largest absolute Gasteiger partial charge is 0.478 e. The first-order valence-electron chi connectivity index (χ1n) is 8.38. The number of sulfonamides is 1. The number of carbonyl (C=O) groups is 2. The third-order valence-electron chi connectivity index (χ3n) is 4.25. The lowest BCUT2D eigenvalue weighted by Crippen LogP contribution is -2.27. The molecule has 1 aliphatic carbocycles. The first-order chi connectivity index (χ1) is 12.7. The average molecular weight is 392 g/mol. The molecule has 9 heteroatoms. The van der Waals surface area contributed by atoms with Crippen molar-refractivity contribution in [3.63, 3.8) is 0 Å². The van der Waals surface area contributed by atoms with Gasteiger partial charge in [-0.1, -0.05) is 0 Å². The van der Waals surface area contributed by atoms with Crippen molar-refractivity contribution in [3.8, 4) is 0 Å². The van der Waals surface area contributed by atoms with E-state index < -0.39 is 16.0 Å². The zero-order valence-corrected chi connectivity index (χ0v) is 15.7. The van der Waals surface area contributed by atoms with Crippen molar-refractivity contribution >= 4 is 21.9 Å². The van der Waals surface area contributed by atoms with Crippen LogP contribution < -0.4 is 4.72 Å². The predicted molar refractivity (Wildman–Crippen MR) is 96.0 cm³/mol. The van der Waals surface area contributed by atoms with E-state index in [1.54, 1.807) is 14.0 Å². The lowest BCUT2D eigenvalue weighted by atomic mass is 10.2. The first kappa shape index (κ1) is 19.1. The Kier molecular flexibility index (Phi) is 5.07. The van der Waals surface area contributed by atoms with E-state index in [2.05, 4.69) is 4.72 Å². The summed E-state index contributed by atoms with van der Waals surface area (Å²) in [7, 11) is -2.01. The third kappa shape index (κ3) is 4.37. The Morgan fingerprint density at radius 3 is 2.41 bits per heavy atom. The maximum Gasteiger partial charge on any atom is 0.339 e. The molecule has 0 radical (unpaired) electrons. The van der Waals surface area contributed by atoms with E-state index in [1.807, 2.05) is 0 Å². The minimum atomic E-state index is -3.56. The number of carboxylic acids is 1. The number of amides is 1. The highest BCUT2D eigenvalue weighted by Gasteiger charge is 2.28. The van der Waals surface area contributed by atoms with Crippen molar-refractivity contribution in [2.24, 2.45) is 0 Å². The Labute approximate surface area is 156 Å².